The Bertz CT molecular complexity index is 163. The van der Waals surface area contributed by atoms with E-state index in [0.717, 1.165) is 13.1 Å². The molecule has 1 heterocycles. The molecule has 3 nitrogen and oxygen atoms in total. The van der Waals surface area contributed by atoms with Crippen LogP contribution in [0.5, 0.6) is 0 Å². The minimum atomic E-state index is 0.281. The number of aliphatic hydroxyl groups is 1. The van der Waals surface area contributed by atoms with Crippen LogP contribution in [0.2, 0.25) is 0 Å². The summed E-state index contributed by atoms with van der Waals surface area (Å²) in [6.45, 7) is 8.10. The molecule has 0 radical (unpaired) electrons. The zero-order chi connectivity index (χ0) is 10.6. The van der Waals surface area contributed by atoms with Crippen LogP contribution >= 0.6 is 0 Å². The van der Waals surface area contributed by atoms with Gasteiger partial charge in [0, 0.05) is 25.2 Å². The van der Waals surface area contributed by atoms with Gasteiger partial charge >= 0.3 is 0 Å². The number of likely N-dealkylation sites (N-methyl/N-ethyl adjacent to an activating group) is 1. The highest BCUT2D eigenvalue weighted by molar-refractivity contribution is 4.84. The Morgan fingerprint density at radius 1 is 1.36 bits per heavy atom. The number of nitrogens with zero attached hydrogens (tertiary/aromatic N) is 2. The van der Waals surface area contributed by atoms with Gasteiger partial charge in [0.2, 0.25) is 0 Å². The molecule has 1 fully saturated rings. The fourth-order valence-corrected chi connectivity index (χ4v) is 2.11. The summed E-state index contributed by atoms with van der Waals surface area (Å²) >= 11 is 0. The summed E-state index contributed by atoms with van der Waals surface area (Å²) in [6, 6.07) is 0.897. The van der Waals surface area contributed by atoms with Crippen LogP contribution in [-0.2, 0) is 0 Å². The summed E-state index contributed by atoms with van der Waals surface area (Å²) in [4.78, 5) is 4.78. The SMILES string of the molecule is CCCCN1CC(C)N(C)C(CO)C1. The molecular weight excluding hydrogens is 176 g/mol. The normalized spacial score (nSPS) is 30.9. The lowest BCUT2D eigenvalue weighted by Gasteiger charge is -2.43. The first-order valence-electron chi connectivity index (χ1n) is 5.74. The Kier molecular flexibility index (Phi) is 4.85. The van der Waals surface area contributed by atoms with Gasteiger partial charge in [-0.3, -0.25) is 4.90 Å². The zero-order valence-corrected chi connectivity index (χ0v) is 9.74. The third-order valence-electron chi connectivity index (χ3n) is 3.30. The van der Waals surface area contributed by atoms with Crippen LogP contribution in [0.25, 0.3) is 0 Å². The molecule has 0 aromatic heterocycles. The van der Waals surface area contributed by atoms with Gasteiger partial charge in [-0.1, -0.05) is 13.3 Å². The van der Waals surface area contributed by atoms with Crippen molar-refractivity contribution < 1.29 is 5.11 Å². The first-order valence-corrected chi connectivity index (χ1v) is 5.74. The molecule has 0 amide bonds. The minimum absolute atomic E-state index is 0.281. The minimum Gasteiger partial charge on any atom is -0.395 e. The summed E-state index contributed by atoms with van der Waals surface area (Å²) in [5.74, 6) is 0. The largest absolute Gasteiger partial charge is 0.395 e. The highest BCUT2D eigenvalue weighted by Gasteiger charge is 2.28. The Labute approximate surface area is 87.7 Å². The van der Waals surface area contributed by atoms with Gasteiger partial charge in [0.05, 0.1) is 6.61 Å². The van der Waals surface area contributed by atoms with E-state index in [1.165, 1.54) is 19.4 Å². The Balaban J connectivity index is 2.41. The van der Waals surface area contributed by atoms with E-state index >= 15 is 0 Å². The second kappa shape index (κ2) is 5.69. The maximum Gasteiger partial charge on any atom is 0.0599 e. The van der Waals surface area contributed by atoms with Gasteiger partial charge in [0.15, 0.2) is 0 Å². The molecule has 0 bridgehead atoms. The maximum absolute atomic E-state index is 9.25. The van der Waals surface area contributed by atoms with E-state index in [1.807, 2.05) is 0 Å². The Hall–Kier alpha value is -0.120. The van der Waals surface area contributed by atoms with Crippen molar-refractivity contribution in [1.82, 2.24) is 9.80 Å². The van der Waals surface area contributed by atoms with Crippen LogP contribution in [0, 0.1) is 0 Å². The Morgan fingerprint density at radius 3 is 2.64 bits per heavy atom. The predicted molar refractivity (Wildman–Crippen MR) is 59.4 cm³/mol. The van der Waals surface area contributed by atoms with Crippen molar-refractivity contribution in [2.75, 3.05) is 33.3 Å². The van der Waals surface area contributed by atoms with E-state index in [2.05, 4.69) is 30.7 Å². The summed E-state index contributed by atoms with van der Waals surface area (Å²) in [6.07, 6.45) is 2.53. The lowest BCUT2D eigenvalue weighted by atomic mass is 10.1. The molecule has 14 heavy (non-hydrogen) atoms. The van der Waals surface area contributed by atoms with Crippen LogP contribution in [0.3, 0.4) is 0 Å². The van der Waals surface area contributed by atoms with Crippen molar-refractivity contribution in [2.45, 2.75) is 38.8 Å². The fourth-order valence-electron chi connectivity index (χ4n) is 2.11. The smallest absolute Gasteiger partial charge is 0.0599 e. The molecule has 3 heteroatoms. The molecule has 1 rings (SSSR count). The molecule has 0 aromatic carbocycles. The summed E-state index contributed by atoms with van der Waals surface area (Å²) < 4.78 is 0. The molecule has 0 spiro atoms. The van der Waals surface area contributed by atoms with E-state index in [1.54, 1.807) is 0 Å². The molecule has 1 N–H and O–H groups in total. The third kappa shape index (κ3) is 2.94. The lowest BCUT2D eigenvalue weighted by molar-refractivity contribution is 0.0219. The number of rotatable bonds is 4. The van der Waals surface area contributed by atoms with Gasteiger partial charge in [-0.15, -0.1) is 0 Å². The number of aliphatic hydroxyl groups excluding tert-OH is 1. The molecule has 1 aliphatic heterocycles. The number of piperazine rings is 1. The summed E-state index contributed by atoms with van der Waals surface area (Å²) in [5.41, 5.74) is 0. The molecule has 2 atom stereocenters. The lowest BCUT2D eigenvalue weighted by Crippen LogP contribution is -2.57. The van der Waals surface area contributed by atoms with Crippen molar-refractivity contribution in [2.24, 2.45) is 0 Å². The highest BCUT2D eigenvalue weighted by atomic mass is 16.3. The summed E-state index contributed by atoms with van der Waals surface area (Å²) in [5, 5.41) is 9.25. The van der Waals surface area contributed by atoms with Crippen LogP contribution in [0.15, 0.2) is 0 Å². The van der Waals surface area contributed by atoms with Crippen LogP contribution in [-0.4, -0.2) is 60.3 Å². The molecule has 0 aliphatic carbocycles. The maximum atomic E-state index is 9.25. The van der Waals surface area contributed by atoms with Gasteiger partial charge in [-0.25, -0.2) is 0 Å². The van der Waals surface area contributed by atoms with E-state index in [9.17, 15) is 5.11 Å². The first kappa shape index (κ1) is 12.0. The van der Waals surface area contributed by atoms with Crippen LogP contribution in [0.4, 0.5) is 0 Å². The van der Waals surface area contributed by atoms with E-state index in [4.69, 9.17) is 0 Å². The summed E-state index contributed by atoms with van der Waals surface area (Å²) in [7, 11) is 2.11. The van der Waals surface area contributed by atoms with Crippen molar-refractivity contribution in [3.05, 3.63) is 0 Å². The predicted octanol–water partition coefficient (Wildman–Crippen LogP) is 0.783. The highest BCUT2D eigenvalue weighted by Crippen LogP contribution is 2.13. The first-order chi connectivity index (χ1) is 6.69. The zero-order valence-electron chi connectivity index (χ0n) is 9.74. The quantitative estimate of drug-likeness (QED) is 0.726. The van der Waals surface area contributed by atoms with Crippen molar-refractivity contribution in [3.63, 3.8) is 0 Å². The monoisotopic (exact) mass is 200 g/mol. The molecule has 2 unspecified atom stereocenters. The van der Waals surface area contributed by atoms with Gasteiger partial charge in [0.25, 0.3) is 0 Å². The second-order valence-electron chi connectivity index (χ2n) is 4.46. The van der Waals surface area contributed by atoms with Gasteiger partial charge in [0.1, 0.15) is 0 Å². The number of hydrogen-bond acceptors (Lipinski definition) is 3. The van der Waals surface area contributed by atoms with Gasteiger partial charge in [-0.05, 0) is 26.9 Å². The topological polar surface area (TPSA) is 26.7 Å². The molecule has 0 aromatic rings. The Morgan fingerprint density at radius 2 is 2.07 bits per heavy atom. The van der Waals surface area contributed by atoms with Crippen LogP contribution < -0.4 is 0 Å². The average Bonchev–Trinajstić information content (AvgIpc) is 2.19. The van der Waals surface area contributed by atoms with Crippen molar-refractivity contribution >= 4 is 0 Å². The fraction of sp³-hybridized carbons (Fsp3) is 1.00. The molecule has 1 aliphatic rings. The van der Waals surface area contributed by atoms with Crippen molar-refractivity contribution in [3.8, 4) is 0 Å². The van der Waals surface area contributed by atoms with E-state index in [-0.39, 0.29) is 6.61 Å². The molecular formula is C11H24N2O. The van der Waals surface area contributed by atoms with Gasteiger partial charge < -0.3 is 10.0 Å². The number of unbranched alkanes of at least 4 members (excludes halogenated alkanes) is 1. The van der Waals surface area contributed by atoms with Crippen molar-refractivity contribution in [1.29, 1.82) is 0 Å². The molecule has 1 saturated heterocycles. The average molecular weight is 200 g/mol. The number of hydrogen-bond donors (Lipinski definition) is 1. The standard InChI is InChI=1S/C11H24N2O/c1-4-5-6-13-7-10(2)12(3)11(8-13)9-14/h10-11,14H,4-9H2,1-3H3. The van der Waals surface area contributed by atoms with E-state index in [0.29, 0.717) is 12.1 Å². The third-order valence-corrected chi connectivity index (χ3v) is 3.30. The van der Waals surface area contributed by atoms with Gasteiger partial charge in [-0.2, -0.15) is 0 Å². The second-order valence-corrected chi connectivity index (χ2v) is 4.46. The molecule has 84 valence electrons. The molecule has 0 saturated carbocycles. The van der Waals surface area contributed by atoms with E-state index < -0.39 is 0 Å². The van der Waals surface area contributed by atoms with Crippen LogP contribution in [0.1, 0.15) is 26.7 Å².